The number of nitrogens with zero attached hydrogens (tertiary/aromatic N) is 2. The minimum absolute atomic E-state index is 0.00632. The fourth-order valence-corrected chi connectivity index (χ4v) is 4.30. The minimum Gasteiger partial charge on any atom is -0.447 e. The number of sulfone groups is 1. The lowest BCUT2D eigenvalue weighted by Gasteiger charge is -2.37. The highest BCUT2D eigenvalue weighted by Crippen LogP contribution is 2.26. The highest BCUT2D eigenvalue weighted by Gasteiger charge is 2.39. The van der Waals surface area contributed by atoms with Crippen LogP contribution in [0.25, 0.3) is 0 Å². The lowest BCUT2D eigenvalue weighted by atomic mass is 9.99. The average Bonchev–Trinajstić information content (AvgIpc) is 2.95. The maximum atomic E-state index is 12.2. The Kier molecular flexibility index (Phi) is 5.50. The highest BCUT2D eigenvalue weighted by molar-refractivity contribution is 7.91. The van der Waals surface area contributed by atoms with Crippen LogP contribution in [0, 0.1) is 0 Å². The number of benzene rings is 1. The van der Waals surface area contributed by atoms with Crippen molar-refractivity contribution in [1.29, 1.82) is 0 Å². The van der Waals surface area contributed by atoms with Gasteiger partial charge in [0.25, 0.3) is 0 Å². The van der Waals surface area contributed by atoms with Crippen LogP contribution in [0.1, 0.15) is 18.4 Å². The molecular weight excluding hydrogens is 356 g/mol. The lowest BCUT2D eigenvalue weighted by molar-refractivity contribution is -0.129. The number of piperidine rings is 1. The first-order valence-electron chi connectivity index (χ1n) is 8.78. The van der Waals surface area contributed by atoms with Crippen molar-refractivity contribution >= 4 is 21.8 Å². The number of hydrogen-bond donors (Lipinski definition) is 0. The summed E-state index contributed by atoms with van der Waals surface area (Å²) in [7, 11) is -3.33. The largest absolute Gasteiger partial charge is 0.447 e. The maximum Gasteiger partial charge on any atom is 0.410 e. The first-order valence-corrected chi connectivity index (χ1v) is 10.8. The first kappa shape index (κ1) is 18.7. The number of cyclic esters (lactones) is 1. The zero-order chi connectivity index (χ0) is 18.7. The van der Waals surface area contributed by atoms with Crippen LogP contribution >= 0.6 is 0 Å². The summed E-state index contributed by atoms with van der Waals surface area (Å²) in [5.74, 6) is -0.823. The summed E-state index contributed by atoms with van der Waals surface area (Å²) in [6.07, 6.45) is 2.77. The van der Waals surface area contributed by atoms with Crippen LogP contribution in [-0.2, 0) is 25.8 Å². The molecule has 0 spiro atoms. The molecule has 0 radical (unpaired) electrons. The van der Waals surface area contributed by atoms with Gasteiger partial charge in [-0.2, -0.15) is 0 Å². The zero-order valence-electron chi connectivity index (χ0n) is 14.8. The van der Waals surface area contributed by atoms with Gasteiger partial charge >= 0.3 is 6.09 Å². The molecule has 2 saturated heterocycles. The van der Waals surface area contributed by atoms with E-state index in [1.807, 2.05) is 35.2 Å². The molecule has 1 aromatic carbocycles. The molecule has 0 saturated carbocycles. The summed E-state index contributed by atoms with van der Waals surface area (Å²) < 4.78 is 27.9. The average molecular weight is 380 g/mol. The molecule has 2 aliphatic rings. The molecule has 2 fully saturated rings. The molecule has 142 valence electrons. The number of amides is 2. The molecule has 2 aliphatic heterocycles. The van der Waals surface area contributed by atoms with E-state index in [-0.39, 0.29) is 24.1 Å². The van der Waals surface area contributed by atoms with E-state index in [2.05, 4.69) is 0 Å². The topological polar surface area (TPSA) is 84.0 Å². The van der Waals surface area contributed by atoms with Gasteiger partial charge in [0.1, 0.15) is 12.4 Å². The van der Waals surface area contributed by atoms with E-state index in [4.69, 9.17) is 4.74 Å². The minimum atomic E-state index is -3.33. The van der Waals surface area contributed by atoms with Crippen molar-refractivity contribution in [1.82, 2.24) is 9.80 Å². The van der Waals surface area contributed by atoms with Gasteiger partial charge in [0.15, 0.2) is 9.84 Å². The molecule has 1 unspecified atom stereocenters. The fraction of sp³-hybridized carbons (Fsp3) is 0.556. The van der Waals surface area contributed by atoms with Crippen molar-refractivity contribution in [2.45, 2.75) is 31.3 Å². The van der Waals surface area contributed by atoms with Crippen LogP contribution in [0.5, 0.6) is 0 Å². The van der Waals surface area contributed by atoms with Crippen LogP contribution in [0.3, 0.4) is 0 Å². The van der Waals surface area contributed by atoms with Gasteiger partial charge < -0.3 is 9.64 Å². The Morgan fingerprint density at radius 3 is 2.46 bits per heavy atom. The third-order valence-corrected chi connectivity index (χ3v) is 5.69. The number of ether oxygens (including phenoxy) is 1. The Balaban J connectivity index is 1.60. The van der Waals surface area contributed by atoms with Crippen molar-refractivity contribution in [2.75, 3.05) is 31.7 Å². The lowest BCUT2D eigenvalue weighted by Crippen LogP contribution is -2.51. The van der Waals surface area contributed by atoms with Crippen molar-refractivity contribution in [2.24, 2.45) is 0 Å². The molecule has 1 atom stereocenters. The number of likely N-dealkylation sites (tertiary alicyclic amines) is 1. The summed E-state index contributed by atoms with van der Waals surface area (Å²) in [5.41, 5.74) is 1.15. The van der Waals surface area contributed by atoms with Gasteiger partial charge in [-0.15, -0.1) is 0 Å². The number of rotatable bonds is 5. The van der Waals surface area contributed by atoms with Crippen LogP contribution in [0.2, 0.25) is 0 Å². The van der Waals surface area contributed by atoms with Crippen molar-refractivity contribution in [3.8, 4) is 0 Å². The molecule has 2 heterocycles. The normalized spacial score (nSPS) is 21.7. The molecule has 3 rings (SSSR count). The molecular formula is C18H24N2O5S. The summed E-state index contributed by atoms with van der Waals surface area (Å²) in [6.45, 7) is 1.29. The quantitative estimate of drug-likeness (QED) is 0.763. The maximum absolute atomic E-state index is 12.2. The predicted molar refractivity (Wildman–Crippen MR) is 96.4 cm³/mol. The van der Waals surface area contributed by atoms with Crippen molar-refractivity contribution < 1.29 is 22.7 Å². The summed E-state index contributed by atoms with van der Waals surface area (Å²) in [4.78, 5) is 27.7. The molecule has 8 heteroatoms. The fourth-order valence-electron chi connectivity index (χ4n) is 3.67. The molecule has 7 nitrogen and oxygen atoms in total. The number of hydrogen-bond acceptors (Lipinski definition) is 5. The number of carbonyl (C=O) groups is 2. The van der Waals surface area contributed by atoms with Gasteiger partial charge in [-0.1, -0.05) is 30.3 Å². The third kappa shape index (κ3) is 4.55. The Labute approximate surface area is 153 Å². The SMILES string of the molecule is CS(=O)(=O)CC(=O)N1CCC(N2C(=O)OCC2Cc2ccccc2)CC1. The van der Waals surface area contributed by atoms with E-state index in [9.17, 15) is 18.0 Å². The second-order valence-electron chi connectivity index (χ2n) is 7.01. The van der Waals surface area contributed by atoms with Gasteiger partial charge in [-0.05, 0) is 24.8 Å². The van der Waals surface area contributed by atoms with E-state index in [0.717, 1.165) is 18.2 Å². The zero-order valence-corrected chi connectivity index (χ0v) is 15.7. The van der Waals surface area contributed by atoms with Crippen molar-refractivity contribution in [3.63, 3.8) is 0 Å². The van der Waals surface area contributed by atoms with Crippen LogP contribution in [0.15, 0.2) is 30.3 Å². The summed E-state index contributed by atoms with van der Waals surface area (Å²) in [6, 6.07) is 9.99. The Bertz CT molecular complexity index is 757. The van der Waals surface area contributed by atoms with E-state index < -0.39 is 15.6 Å². The number of carbonyl (C=O) groups excluding carboxylic acids is 2. The summed E-state index contributed by atoms with van der Waals surface area (Å²) >= 11 is 0. The first-order chi connectivity index (χ1) is 12.3. The Morgan fingerprint density at radius 1 is 1.19 bits per heavy atom. The predicted octanol–water partition coefficient (Wildman–Crippen LogP) is 1.09. The van der Waals surface area contributed by atoms with Crippen molar-refractivity contribution in [3.05, 3.63) is 35.9 Å². The van der Waals surface area contributed by atoms with Crippen LogP contribution in [-0.4, -0.2) is 74.0 Å². The van der Waals surface area contributed by atoms with E-state index in [0.29, 0.717) is 32.5 Å². The molecule has 2 amide bonds. The van der Waals surface area contributed by atoms with Crippen LogP contribution < -0.4 is 0 Å². The molecule has 0 bridgehead atoms. The molecule has 1 aromatic rings. The van der Waals surface area contributed by atoms with E-state index in [1.54, 1.807) is 4.90 Å². The van der Waals surface area contributed by atoms with Crippen LogP contribution in [0.4, 0.5) is 4.79 Å². The monoisotopic (exact) mass is 380 g/mol. The van der Waals surface area contributed by atoms with E-state index >= 15 is 0 Å². The van der Waals surface area contributed by atoms with E-state index in [1.165, 1.54) is 0 Å². The molecule has 26 heavy (non-hydrogen) atoms. The smallest absolute Gasteiger partial charge is 0.410 e. The third-order valence-electron chi connectivity index (χ3n) is 4.91. The molecule has 0 aliphatic carbocycles. The Hall–Kier alpha value is -2.09. The highest BCUT2D eigenvalue weighted by atomic mass is 32.2. The van der Waals surface area contributed by atoms with Gasteiger partial charge in [-0.25, -0.2) is 13.2 Å². The summed E-state index contributed by atoms with van der Waals surface area (Å²) in [5, 5.41) is 0. The standard InChI is InChI=1S/C18H24N2O5S/c1-26(23,24)13-17(21)19-9-7-15(8-10-19)20-16(12-25-18(20)22)11-14-5-3-2-4-6-14/h2-6,15-16H,7-13H2,1H3. The second kappa shape index (κ2) is 7.65. The van der Waals surface area contributed by atoms with Gasteiger partial charge in [0.05, 0.1) is 6.04 Å². The second-order valence-corrected chi connectivity index (χ2v) is 9.15. The molecule has 0 N–H and O–H groups in total. The molecule has 0 aromatic heterocycles. The Morgan fingerprint density at radius 2 is 1.85 bits per heavy atom. The van der Waals surface area contributed by atoms with Gasteiger partial charge in [0, 0.05) is 25.4 Å². The van der Waals surface area contributed by atoms with Gasteiger partial charge in [-0.3, -0.25) is 9.69 Å². The van der Waals surface area contributed by atoms with Gasteiger partial charge in [0.2, 0.25) is 5.91 Å².